The molecule has 20 heavy (non-hydrogen) atoms. The fourth-order valence-corrected chi connectivity index (χ4v) is 2.18. The van der Waals surface area contributed by atoms with E-state index < -0.39 is 0 Å². The minimum absolute atomic E-state index is 0.294. The third-order valence-corrected chi connectivity index (χ3v) is 2.97. The van der Waals surface area contributed by atoms with Gasteiger partial charge in [-0.15, -0.1) is 0 Å². The second-order valence-corrected chi connectivity index (χ2v) is 4.83. The van der Waals surface area contributed by atoms with E-state index in [2.05, 4.69) is 16.0 Å². The number of nitrogens with zero attached hydrogens (tertiary/aromatic N) is 2. The summed E-state index contributed by atoms with van der Waals surface area (Å²) in [5, 5.41) is 0. The van der Waals surface area contributed by atoms with Gasteiger partial charge in [0.2, 0.25) is 0 Å². The first-order chi connectivity index (χ1) is 9.61. The lowest BCUT2D eigenvalue weighted by molar-refractivity contribution is 0.465. The van der Waals surface area contributed by atoms with Gasteiger partial charge in [0.05, 0.1) is 11.0 Å². The van der Waals surface area contributed by atoms with Crippen molar-refractivity contribution in [1.29, 1.82) is 0 Å². The van der Waals surface area contributed by atoms with E-state index in [0.29, 0.717) is 11.7 Å². The van der Waals surface area contributed by atoms with Crippen LogP contribution in [0.2, 0.25) is 0 Å². The maximum atomic E-state index is 5.91. The number of anilines is 1. The van der Waals surface area contributed by atoms with Gasteiger partial charge in [-0.3, -0.25) is 0 Å². The van der Waals surface area contributed by atoms with Gasteiger partial charge in [0.25, 0.3) is 5.88 Å². The average molecular weight is 265 g/mol. The highest BCUT2D eigenvalue weighted by molar-refractivity contribution is 5.76. The molecular formula is C16H15N3O. The Bertz CT molecular complexity index is 764. The van der Waals surface area contributed by atoms with Crippen molar-refractivity contribution in [3.05, 3.63) is 53.6 Å². The van der Waals surface area contributed by atoms with E-state index in [9.17, 15) is 0 Å². The summed E-state index contributed by atoms with van der Waals surface area (Å²) in [4.78, 5) is 8.73. The number of rotatable bonds is 2. The van der Waals surface area contributed by atoms with Crippen molar-refractivity contribution in [2.75, 3.05) is 5.73 Å². The summed E-state index contributed by atoms with van der Waals surface area (Å²) in [6.45, 7) is 4.05. The number of aromatic nitrogens is 2. The molecule has 0 aliphatic rings. The number of para-hydroxylation sites is 2. The number of benzene rings is 2. The normalized spacial score (nSPS) is 10.7. The van der Waals surface area contributed by atoms with E-state index in [4.69, 9.17) is 10.5 Å². The second kappa shape index (κ2) is 4.81. The number of nitrogens with two attached hydrogens (primary N) is 1. The lowest BCUT2D eigenvalue weighted by Crippen LogP contribution is -1.99. The van der Waals surface area contributed by atoms with E-state index >= 15 is 0 Å². The van der Waals surface area contributed by atoms with E-state index in [1.165, 1.54) is 0 Å². The van der Waals surface area contributed by atoms with Crippen LogP contribution in [0.5, 0.6) is 11.6 Å². The molecule has 0 aliphatic heterocycles. The molecule has 0 unspecified atom stereocenters. The van der Waals surface area contributed by atoms with Gasteiger partial charge < -0.3 is 10.5 Å². The van der Waals surface area contributed by atoms with Gasteiger partial charge >= 0.3 is 0 Å². The summed E-state index contributed by atoms with van der Waals surface area (Å²) >= 11 is 0. The first kappa shape index (κ1) is 12.4. The Labute approximate surface area is 117 Å². The van der Waals surface area contributed by atoms with Crippen LogP contribution in [-0.4, -0.2) is 9.97 Å². The highest BCUT2D eigenvalue weighted by Gasteiger charge is 2.08. The number of fused-ring (bicyclic) bond motifs is 1. The number of hydrogen-bond acceptors (Lipinski definition) is 4. The number of nitrogen functional groups attached to an aromatic ring is 1. The molecule has 0 atom stereocenters. The molecule has 0 spiro atoms. The van der Waals surface area contributed by atoms with Gasteiger partial charge in [-0.25, -0.2) is 9.97 Å². The molecule has 0 amide bonds. The van der Waals surface area contributed by atoms with Crippen molar-refractivity contribution < 1.29 is 4.74 Å². The molecule has 3 rings (SSSR count). The molecule has 0 saturated carbocycles. The highest BCUT2D eigenvalue weighted by atomic mass is 16.5. The third-order valence-electron chi connectivity index (χ3n) is 2.97. The second-order valence-electron chi connectivity index (χ2n) is 4.83. The summed E-state index contributed by atoms with van der Waals surface area (Å²) in [7, 11) is 0. The van der Waals surface area contributed by atoms with Crippen molar-refractivity contribution in [3.8, 4) is 11.6 Å². The minimum Gasteiger partial charge on any atom is -0.436 e. The quantitative estimate of drug-likeness (QED) is 0.768. The summed E-state index contributed by atoms with van der Waals surface area (Å²) in [5.41, 5.74) is 9.70. The zero-order valence-electron chi connectivity index (χ0n) is 11.4. The molecule has 2 aromatic carbocycles. The molecule has 1 heterocycles. The molecule has 0 saturated heterocycles. The molecular weight excluding hydrogens is 250 g/mol. The Hall–Kier alpha value is -2.62. The number of hydrogen-bond donors (Lipinski definition) is 1. The molecule has 1 aromatic heterocycles. The van der Waals surface area contributed by atoms with E-state index in [-0.39, 0.29) is 0 Å². The van der Waals surface area contributed by atoms with Crippen LogP contribution in [0, 0.1) is 13.8 Å². The molecule has 0 bridgehead atoms. The van der Waals surface area contributed by atoms with Crippen molar-refractivity contribution in [3.63, 3.8) is 0 Å². The largest absolute Gasteiger partial charge is 0.436 e. The van der Waals surface area contributed by atoms with Crippen molar-refractivity contribution in [2.45, 2.75) is 13.8 Å². The molecule has 0 radical (unpaired) electrons. The monoisotopic (exact) mass is 265 g/mol. The molecule has 0 fully saturated rings. The Kier molecular flexibility index (Phi) is 2.99. The number of aryl methyl sites for hydroxylation is 2. The molecule has 100 valence electrons. The SMILES string of the molecule is Cc1cc(C)cc(Oc2nc3ccccc3nc2N)c1. The van der Waals surface area contributed by atoms with Crippen molar-refractivity contribution in [2.24, 2.45) is 0 Å². The van der Waals surface area contributed by atoms with Crippen LogP contribution in [0.1, 0.15) is 11.1 Å². The van der Waals surface area contributed by atoms with Gasteiger partial charge in [0.1, 0.15) is 5.75 Å². The molecule has 4 nitrogen and oxygen atoms in total. The first-order valence-corrected chi connectivity index (χ1v) is 6.40. The van der Waals surface area contributed by atoms with Crippen LogP contribution in [0.25, 0.3) is 11.0 Å². The standard InChI is InChI=1S/C16H15N3O/c1-10-7-11(2)9-12(8-10)20-16-15(17)18-13-5-3-4-6-14(13)19-16/h3-9H,1-2H3,(H2,17,18). The van der Waals surface area contributed by atoms with Gasteiger partial charge in [-0.05, 0) is 49.2 Å². The molecule has 3 aromatic rings. The maximum absolute atomic E-state index is 5.91. The summed E-state index contributed by atoms with van der Waals surface area (Å²) < 4.78 is 5.78. The average Bonchev–Trinajstić information content (AvgIpc) is 2.38. The molecule has 2 N–H and O–H groups in total. The van der Waals surface area contributed by atoms with E-state index in [1.54, 1.807) is 0 Å². The van der Waals surface area contributed by atoms with Crippen molar-refractivity contribution in [1.82, 2.24) is 9.97 Å². The van der Waals surface area contributed by atoms with Crippen LogP contribution < -0.4 is 10.5 Å². The van der Waals surface area contributed by atoms with Crippen LogP contribution >= 0.6 is 0 Å². The number of ether oxygens (including phenoxy) is 1. The summed E-state index contributed by atoms with van der Waals surface area (Å²) in [6, 6.07) is 13.6. The van der Waals surface area contributed by atoms with Gasteiger partial charge in [0.15, 0.2) is 5.82 Å². The minimum atomic E-state index is 0.294. The van der Waals surface area contributed by atoms with Crippen LogP contribution in [0.15, 0.2) is 42.5 Å². The van der Waals surface area contributed by atoms with Crippen LogP contribution in [0.3, 0.4) is 0 Å². The Balaban J connectivity index is 2.03. The van der Waals surface area contributed by atoms with Gasteiger partial charge in [-0.2, -0.15) is 0 Å². The van der Waals surface area contributed by atoms with Crippen LogP contribution in [-0.2, 0) is 0 Å². The third kappa shape index (κ3) is 2.40. The molecule has 0 aliphatic carbocycles. The lowest BCUT2D eigenvalue weighted by Gasteiger charge is -2.09. The van der Waals surface area contributed by atoms with Crippen molar-refractivity contribution >= 4 is 16.9 Å². The Morgan fingerprint density at radius 2 is 1.50 bits per heavy atom. The zero-order chi connectivity index (χ0) is 14.1. The summed E-state index contributed by atoms with van der Waals surface area (Å²) in [6.07, 6.45) is 0. The predicted octanol–water partition coefficient (Wildman–Crippen LogP) is 3.62. The summed E-state index contributed by atoms with van der Waals surface area (Å²) in [5.74, 6) is 1.36. The predicted molar refractivity (Wildman–Crippen MR) is 79.9 cm³/mol. The van der Waals surface area contributed by atoms with Crippen LogP contribution in [0.4, 0.5) is 5.82 Å². The fraction of sp³-hybridized carbons (Fsp3) is 0.125. The molecule has 4 heteroatoms. The zero-order valence-corrected chi connectivity index (χ0v) is 11.4. The first-order valence-electron chi connectivity index (χ1n) is 6.40. The maximum Gasteiger partial charge on any atom is 0.263 e. The smallest absolute Gasteiger partial charge is 0.263 e. The van der Waals surface area contributed by atoms with E-state index in [0.717, 1.165) is 27.9 Å². The van der Waals surface area contributed by atoms with Gasteiger partial charge in [0, 0.05) is 0 Å². The fourth-order valence-electron chi connectivity index (χ4n) is 2.18. The topological polar surface area (TPSA) is 61.0 Å². The Morgan fingerprint density at radius 1 is 0.900 bits per heavy atom. The lowest BCUT2D eigenvalue weighted by atomic mass is 10.1. The van der Waals surface area contributed by atoms with E-state index in [1.807, 2.05) is 50.2 Å². The highest BCUT2D eigenvalue weighted by Crippen LogP contribution is 2.27. The van der Waals surface area contributed by atoms with Gasteiger partial charge in [-0.1, -0.05) is 18.2 Å². The Morgan fingerprint density at radius 3 is 2.15 bits per heavy atom.